The predicted molar refractivity (Wildman–Crippen MR) is 63.7 cm³/mol. The zero-order chi connectivity index (χ0) is 12.8. The average molecular weight is 280 g/mol. The van der Waals surface area contributed by atoms with Gasteiger partial charge in [-0.15, -0.1) is 11.3 Å². The molecule has 0 fully saturated rings. The lowest BCUT2D eigenvalue weighted by Gasteiger charge is -2.07. The monoisotopic (exact) mass is 279 g/mol. The molecule has 0 bridgehead atoms. The van der Waals surface area contributed by atoms with E-state index in [1.165, 1.54) is 0 Å². The fourth-order valence-electron chi connectivity index (χ4n) is 1.54. The number of benzene rings is 1. The van der Waals surface area contributed by atoms with E-state index in [9.17, 15) is 13.2 Å². The van der Waals surface area contributed by atoms with Crippen LogP contribution in [0.2, 0.25) is 5.02 Å². The van der Waals surface area contributed by atoms with Gasteiger partial charge in [0.25, 0.3) is 0 Å². The molecule has 0 aliphatic rings. The lowest BCUT2D eigenvalue weighted by atomic mass is 10.0. The summed E-state index contributed by atoms with van der Waals surface area (Å²) in [4.78, 5) is 3.55. The molecule has 0 spiro atoms. The number of nitrogens with zero attached hydrogens (tertiary/aromatic N) is 1. The molecule has 0 amide bonds. The molecule has 6 heteroatoms. The summed E-state index contributed by atoms with van der Waals surface area (Å²) in [7, 11) is 0. The number of halogens is 4. The van der Waals surface area contributed by atoms with Crippen molar-refractivity contribution >= 4 is 33.2 Å². The van der Waals surface area contributed by atoms with Crippen LogP contribution in [0.1, 0.15) is 30.3 Å². The topological polar surface area (TPSA) is 12.9 Å². The number of aromatic nitrogens is 1. The molecule has 0 aliphatic heterocycles. The maximum atomic E-state index is 12.5. The molecule has 0 saturated carbocycles. The van der Waals surface area contributed by atoms with Crippen molar-refractivity contribution in [2.24, 2.45) is 0 Å². The van der Waals surface area contributed by atoms with Gasteiger partial charge in [-0.25, -0.2) is 4.98 Å². The summed E-state index contributed by atoms with van der Waals surface area (Å²) < 4.78 is 38.0. The summed E-state index contributed by atoms with van der Waals surface area (Å²) in [5.41, 5.74) is 1.15. The molecule has 0 radical (unpaired) electrons. The number of thiazole rings is 1. The van der Waals surface area contributed by atoms with Crippen LogP contribution >= 0.6 is 22.9 Å². The number of rotatable bonds is 1. The van der Waals surface area contributed by atoms with E-state index >= 15 is 0 Å². The van der Waals surface area contributed by atoms with Gasteiger partial charge in [0, 0.05) is 0 Å². The average Bonchev–Trinajstić information content (AvgIpc) is 2.61. The Morgan fingerprint density at radius 3 is 2.47 bits per heavy atom. The summed E-state index contributed by atoms with van der Waals surface area (Å²) in [5, 5.41) is -0.471. The summed E-state index contributed by atoms with van der Waals surface area (Å²) in [5.74, 6) is 0.170. The van der Waals surface area contributed by atoms with Crippen LogP contribution in [0.4, 0.5) is 13.2 Å². The lowest BCUT2D eigenvalue weighted by Crippen LogP contribution is -2.03. The van der Waals surface area contributed by atoms with E-state index in [-0.39, 0.29) is 5.92 Å². The van der Waals surface area contributed by atoms with E-state index in [4.69, 9.17) is 11.6 Å². The summed E-state index contributed by atoms with van der Waals surface area (Å²) in [6, 6.07) is 3.32. The third-order valence-electron chi connectivity index (χ3n) is 2.39. The first-order valence-electron chi connectivity index (χ1n) is 4.97. The van der Waals surface area contributed by atoms with E-state index in [0.717, 1.165) is 5.56 Å². The SMILES string of the molecule is CC(C)c1ccc2nc(C(F)(F)F)sc2c1Cl. The second kappa shape index (κ2) is 4.14. The number of alkyl halides is 3. The molecule has 92 valence electrons. The van der Waals surface area contributed by atoms with Crippen LogP contribution in [-0.2, 0) is 6.18 Å². The van der Waals surface area contributed by atoms with Gasteiger partial charge in [0.05, 0.1) is 15.2 Å². The Morgan fingerprint density at radius 1 is 1.29 bits per heavy atom. The van der Waals surface area contributed by atoms with Crippen LogP contribution in [0.15, 0.2) is 12.1 Å². The molecule has 0 aliphatic carbocycles. The zero-order valence-electron chi connectivity index (χ0n) is 9.10. The van der Waals surface area contributed by atoms with Crippen LogP contribution in [0.3, 0.4) is 0 Å². The second-order valence-electron chi connectivity index (χ2n) is 3.99. The summed E-state index contributed by atoms with van der Waals surface area (Å²) in [6.45, 7) is 3.89. The van der Waals surface area contributed by atoms with Crippen LogP contribution in [0.5, 0.6) is 0 Å². The van der Waals surface area contributed by atoms with Gasteiger partial charge in [-0.05, 0) is 17.5 Å². The minimum atomic E-state index is -4.41. The van der Waals surface area contributed by atoms with Gasteiger partial charge >= 0.3 is 6.18 Å². The standard InChI is InChI=1S/C11H9ClF3NS/c1-5(2)6-3-4-7-9(8(6)12)17-10(16-7)11(13,14)15/h3-5H,1-2H3. The molecule has 1 aromatic heterocycles. The molecule has 17 heavy (non-hydrogen) atoms. The fourth-order valence-corrected chi connectivity index (χ4v) is 2.91. The van der Waals surface area contributed by atoms with Crippen molar-refractivity contribution in [3.8, 4) is 0 Å². The molecule has 2 aromatic rings. The minimum Gasteiger partial charge on any atom is -0.232 e. The molecule has 1 nitrogen and oxygen atoms in total. The van der Waals surface area contributed by atoms with Crippen LogP contribution < -0.4 is 0 Å². The molecule has 0 saturated heterocycles. The Labute approximate surface area is 105 Å². The smallest absolute Gasteiger partial charge is 0.232 e. The van der Waals surface area contributed by atoms with E-state index < -0.39 is 11.2 Å². The van der Waals surface area contributed by atoms with Crippen LogP contribution in [-0.4, -0.2) is 4.98 Å². The molecule has 0 unspecified atom stereocenters. The molecular formula is C11H9ClF3NS. The maximum absolute atomic E-state index is 12.5. The van der Waals surface area contributed by atoms with Crippen molar-refractivity contribution in [3.05, 3.63) is 27.7 Å². The molecule has 2 rings (SSSR count). The Bertz CT molecular complexity index is 560. The Hall–Kier alpha value is -0.810. The van der Waals surface area contributed by atoms with Crippen LogP contribution in [0, 0.1) is 0 Å². The van der Waals surface area contributed by atoms with Crippen LogP contribution in [0.25, 0.3) is 10.2 Å². The molecular weight excluding hydrogens is 271 g/mol. The quantitative estimate of drug-likeness (QED) is 0.708. The maximum Gasteiger partial charge on any atom is 0.443 e. The number of hydrogen-bond donors (Lipinski definition) is 0. The van der Waals surface area contributed by atoms with E-state index in [2.05, 4.69) is 4.98 Å². The van der Waals surface area contributed by atoms with Crippen molar-refractivity contribution in [2.75, 3.05) is 0 Å². The first-order valence-corrected chi connectivity index (χ1v) is 6.16. The molecule has 0 N–H and O–H groups in total. The zero-order valence-corrected chi connectivity index (χ0v) is 10.7. The van der Waals surface area contributed by atoms with Crippen molar-refractivity contribution in [1.29, 1.82) is 0 Å². The van der Waals surface area contributed by atoms with Crippen molar-refractivity contribution in [2.45, 2.75) is 25.9 Å². The van der Waals surface area contributed by atoms with Gasteiger partial charge in [-0.3, -0.25) is 0 Å². The second-order valence-corrected chi connectivity index (χ2v) is 5.37. The third-order valence-corrected chi connectivity index (χ3v) is 4.04. The lowest BCUT2D eigenvalue weighted by molar-refractivity contribution is -0.137. The Balaban J connectivity index is 2.66. The van der Waals surface area contributed by atoms with Crippen molar-refractivity contribution in [3.63, 3.8) is 0 Å². The summed E-state index contributed by atoms with van der Waals surface area (Å²) in [6.07, 6.45) is -4.41. The Morgan fingerprint density at radius 2 is 1.94 bits per heavy atom. The van der Waals surface area contributed by atoms with Crippen molar-refractivity contribution < 1.29 is 13.2 Å². The van der Waals surface area contributed by atoms with Gasteiger partial charge in [0.2, 0.25) is 0 Å². The largest absolute Gasteiger partial charge is 0.443 e. The molecule has 0 atom stereocenters. The highest BCUT2D eigenvalue weighted by Gasteiger charge is 2.35. The number of hydrogen-bond acceptors (Lipinski definition) is 2. The van der Waals surface area contributed by atoms with Gasteiger partial charge in [0.15, 0.2) is 5.01 Å². The Kier molecular flexibility index (Phi) is 3.08. The minimum absolute atomic E-state index is 0.170. The normalized spacial score (nSPS) is 12.6. The highest BCUT2D eigenvalue weighted by atomic mass is 35.5. The fraction of sp³-hybridized carbons (Fsp3) is 0.364. The first-order chi connectivity index (χ1) is 7.80. The van der Waals surface area contributed by atoms with E-state index in [1.54, 1.807) is 12.1 Å². The van der Waals surface area contributed by atoms with E-state index in [0.29, 0.717) is 26.6 Å². The highest BCUT2D eigenvalue weighted by Crippen LogP contribution is 2.40. The molecule has 1 heterocycles. The van der Waals surface area contributed by atoms with Gasteiger partial charge in [0.1, 0.15) is 0 Å². The third kappa shape index (κ3) is 2.26. The number of fused-ring (bicyclic) bond motifs is 1. The van der Waals surface area contributed by atoms with Gasteiger partial charge < -0.3 is 0 Å². The summed E-state index contributed by atoms with van der Waals surface area (Å²) >= 11 is 6.70. The molecule has 1 aromatic carbocycles. The van der Waals surface area contributed by atoms with Gasteiger partial charge in [-0.2, -0.15) is 13.2 Å². The highest BCUT2D eigenvalue weighted by molar-refractivity contribution is 7.19. The van der Waals surface area contributed by atoms with Crippen molar-refractivity contribution in [1.82, 2.24) is 4.98 Å². The van der Waals surface area contributed by atoms with E-state index in [1.807, 2.05) is 13.8 Å². The first kappa shape index (κ1) is 12.6. The van der Waals surface area contributed by atoms with Gasteiger partial charge in [-0.1, -0.05) is 31.5 Å². The predicted octanol–water partition coefficient (Wildman–Crippen LogP) is 5.09.